The number of anilines is 1. The van der Waals surface area contributed by atoms with Gasteiger partial charge in [0.15, 0.2) is 5.13 Å². The third-order valence-corrected chi connectivity index (χ3v) is 5.76. The lowest BCUT2D eigenvalue weighted by molar-refractivity contribution is -0.116. The SMILES string of the molecule is Cc1noc(C)c1CCC(=O)Nc1nc(-c2ccccc2)c(-c2ccccc2)s1. The molecule has 5 nitrogen and oxygen atoms in total. The molecule has 0 aliphatic carbocycles. The average Bonchev–Trinajstić information content (AvgIpc) is 3.31. The smallest absolute Gasteiger partial charge is 0.226 e. The highest BCUT2D eigenvalue weighted by Crippen LogP contribution is 2.38. The topological polar surface area (TPSA) is 68.0 Å². The molecule has 6 heteroatoms. The van der Waals surface area contributed by atoms with Gasteiger partial charge in [-0.2, -0.15) is 0 Å². The average molecular weight is 404 g/mol. The largest absolute Gasteiger partial charge is 0.361 e. The molecule has 1 N–H and O–H groups in total. The summed E-state index contributed by atoms with van der Waals surface area (Å²) < 4.78 is 5.17. The number of benzene rings is 2. The predicted octanol–water partition coefficient (Wildman–Crippen LogP) is 5.65. The van der Waals surface area contributed by atoms with Gasteiger partial charge in [0.25, 0.3) is 0 Å². The van der Waals surface area contributed by atoms with Crippen molar-refractivity contribution in [3.63, 3.8) is 0 Å². The predicted molar refractivity (Wildman–Crippen MR) is 116 cm³/mol. The highest BCUT2D eigenvalue weighted by molar-refractivity contribution is 7.19. The van der Waals surface area contributed by atoms with Gasteiger partial charge in [-0.1, -0.05) is 77.2 Å². The van der Waals surface area contributed by atoms with E-state index in [4.69, 9.17) is 9.51 Å². The molecule has 1 amide bonds. The number of amides is 1. The first-order chi connectivity index (χ1) is 14.1. The van der Waals surface area contributed by atoms with Crippen molar-refractivity contribution in [3.05, 3.63) is 77.7 Å². The second-order valence-electron chi connectivity index (χ2n) is 6.78. The number of rotatable bonds is 6. The highest BCUT2D eigenvalue weighted by atomic mass is 32.1. The third kappa shape index (κ3) is 4.27. The summed E-state index contributed by atoms with van der Waals surface area (Å²) in [5.74, 6) is 0.695. The fraction of sp³-hybridized carbons (Fsp3) is 0.174. The Morgan fingerprint density at radius 1 is 1.00 bits per heavy atom. The number of aryl methyl sites for hydroxylation is 2. The first kappa shape index (κ1) is 19.1. The van der Waals surface area contributed by atoms with E-state index in [1.807, 2.05) is 62.4 Å². The fourth-order valence-electron chi connectivity index (χ4n) is 3.23. The van der Waals surface area contributed by atoms with E-state index in [0.29, 0.717) is 18.0 Å². The molecule has 4 aromatic rings. The van der Waals surface area contributed by atoms with Crippen LogP contribution in [-0.2, 0) is 11.2 Å². The first-order valence-electron chi connectivity index (χ1n) is 9.45. The summed E-state index contributed by atoms with van der Waals surface area (Å²) in [6.45, 7) is 3.76. The number of carbonyl (C=O) groups is 1. The summed E-state index contributed by atoms with van der Waals surface area (Å²) >= 11 is 1.49. The van der Waals surface area contributed by atoms with Crippen LogP contribution >= 0.6 is 11.3 Å². The van der Waals surface area contributed by atoms with Gasteiger partial charge in [-0.15, -0.1) is 0 Å². The van der Waals surface area contributed by atoms with Crippen LogP contribution in [0.5, 0.6) is 0 Å². The molecule has 0 atom stereocenters. The molecule has 2 aromatic heterocycles. The first-order valence-corrected chi connectivity index (χ1v) is 10.3. The van der Waals surface area contributed by atoms with Crippen LogP contribution in [-0.4, -0.2) is 16.0 Å². The van der Waals surface area contributed by atoms with Crippen molar-refractivity contribution >= 4 is 22.4 Å². The van der Waals surface area contributed by atoms with Gasteiger partial charge < -0.3 is 9.84 Å². The summed E-state index contributed by atoms with van der Waals surface area (Å²) in [7, 11) is 0. The molecule has 0 unspecified atom stereocenters. The van der Waals surface area contributed by atoms with Gasteiger partial charge >= 0.3 is 0 Å². The lowest BCUT2D eigenvalue weighted by Crippen LogP contribution is -2.12. The zero-order valence-corrected chi connectivity index (χ0v) is 17.1. The van der Waals surface area contributed by atoms with Crippen LogP contribution < -0.4 is 5.32 Å². The summed E-state index contributed by atoms with van der Waals surface area (Å²) in [6.07, 6.45) is 0.944. The Kier molecular flexibility index (Phi) is 5.53. The number of hydrogen-bond donors (Lipinski definition) is 1. The Morgan fingerprint density at radius 3 is 2.28 bits per heavy atom. The Bertz CT molecular complexity index is 1040. The molecule has 0 aliphatic rings. The number of hydrogen-bond acceptors (Lipinski definition) is 5. The minimum absolute atomic E-state index is 0.0713. The third-order valence-electron chi connectivity index (χ3n) is 4.74. The molecule has 0 fully saturated rings. The Balaban J connectivity index is 1.56. The number of nitrogens with zero attached hydrogens (tertiary/aromatic N) is 2. The van der Waals surface area contributed by atoms with Crippen LogP contribution in [0, 0.1) is 13.8 Å². The van der Waals surface area contributed by atoms with Crippen molar-refractivity contribution in [2.24, 2.45) is 0 Å². The van der Waals surface area contributed by atoms with E-state index in [9.17, 15) is 4.79 Å². The molecule has 0 spiro atoms. The molecule has 0 aliphatic heterocycles. The van der Waals surface area contributed by atoms with Crippen LogP contribution in [0.1, 0.15) is 23.4 Å². The molecule has 2 aromatic carbocycles. The van der Waals surface area contributed by atoms with Crippen LogP contribution in [0.3, 0.4) is 0 Å². The van der Waals surface area contributed by atoms with Crippen molar-refractivity contribution < 1.29 is 9.32 Å². The number of thiazole rings is 1. The van der Waals surface area contributed by atoms with Crippen LogP contribution in [0.25, 0.3) is 21.7 Å². The molecule has 2 heterocycles. The quantitative estimate of drug-likeness (QED) is 0.451. The fourth-order valence-corrected chi connectivity index (χ4v) is 4.24. The Morgan fingerprint density at radius 2 is 1.66 bits per heavy atom. The van der Waals surface area contributed by atoms with Gasteiger partial charge in [-0.25, -0.2) is 4.98 Å². The van der Waals surface area contributed by atoms with Gasteiger partial charge in [0.05, 0.1) is 16.3 Å². The van der Waals surface area contributed by atoms with Crippen LogP contribution in [0.2, 0.25) is 0 Å². The van der Waals surface area contributed by atoms with Crippen molar-refractivity contribution in [1.82, 2.24) is 10.1 Å². The molecule has 4 rings (SSSR count). The maximum absolute atomic E-state index is 12.5. The molecule has 0 saturated carbocycles. The highest BCUT2D eigenvalue weighted by Gasteiger charge is 2.17. The van der Waals surface area contributed by atoms with Gasteiger partial charge in [0.1, 0.15) is 5.76 Å². The van der Waals surface area contributed by atoms with E-state index in [0.717, 1.165) is 38.7 Å². The van der Waals surface area contributed by atoms with E-state index >= 15 is 0 Å². The van der Waals surface area contributed by atoms with Gasteiger partial charge in [0.2, 0.25) is 5.91 Å². The molecule has 146 valence electrons. The maximum atomic E-state index is 12.5. The summed E-state index contributed by atoms with van der Waals surface area (Å²) in [5.41, 5.74) is 4.82. The van der Waals surface area contributed by atoms with Gasteiger partial charge in [-0.3, -0.25) is 4.79 Å². The summed E-state index contributed by atoms with van der Waals surface area (Å²) in [4.78, 5) is 18.3. The van der Waals surface area contributed by atoms with E-state index in [1.54, 1.807) is 0 Å². The summed E-state index contributed by atoms with van der Waals surface area (Å²) in [6, 6.07) is 20.1. The molecular weight excluding hydrogens is 382 g/mol. The molecule has 0 saturated heterocycles. The van der Waals surface area contributed by atoms with Crippen LogP contribution in [0.4, 0.5) is 5.13 Å². The monoisotopic (exact) mass is 403 g/mol. The van der Waals surface area contributed by atoms with Crippen molar-refractivity contribution in [1.29, 1.82) is 0 Å². The van der Waals surface area contributed by atoms with E-state index < -0.39 is 0 Å². The Labute approximate surface area is 173 Å². The molecule has 0 bridgehead atoms. The normalized spacial score (nSPS) is 10.8. The lowest BCUT2D eigenvalue weighted by Gasteiger charge is -2.02. The molecule has 29 heavy (non-hydrogen) atoms. The Hall–Kier alpha value is -3.25. The second-order valence-corrected chi connectivity index (χ2v) is 7.78. The minimum Gasteiger partial charge on any atom is -0.361 e. The van der Waals surface area contributed by atoms with Crippen LogP contribution in [0.15, 0.2) is 65.2 Å². The zero-order chi connectivity index (χ0) is 20.2. The van der Waals surface area contributed by atoms with E-state index in [2.05, 4.69) is 22.6 Å². The number of aromatic nitrogens is 2. The van der Waals surface area contributed by atoms with Crippen molar-refractivity contribution in [2.75, 3.05) is 5.32 Å². The van der Waals surface area contributed by atoms with Gasteiger partial charge in [0, 0.05) is 17.5 Å². The van der Waals surface area contributed by atoms with E-state index in [-0.39, 0.29) is 5.91 Å². The second kappa shape index (κ2) is 8.41. The standard InChI is InChI=1S/C23H21N3O2S/c1-15-19(16(2)28-26-15)13-14-20(27)24-23-25-21(17-9-5-3-6-10-17)22(29-23)18-11-7-4-8-12-18/h3-12H,13-14H2,1-2H3,(H,24,25,27). The maximum Gasteiger partial charge on any atom is 0.226 e. The zero-order valence-electron chi connectivity index (χ0n) is 16.3. The summed E-state index contributed by atoms with van der Waals surface area (Å²) in [5, 5.41) is 7.51. The van der Waals surface area contributed by atoms with E-state index in [1.165, 1.54) is 11.3 Å². The molecular formula is C23H21N3O2S. The van der Waals surface area contributed by atoms with Crippen molar-refractivity contribution in [3.8, 4) is 21.7 Å². The van der Waals surface area contributed by atoms with Gasteiger partial charge in [-0.05, 0) is 25.8 Å². The molecule has 0 radical (unpaired) electrons. The van der Waals surface area contributed by atoms with Crippen molar-refractivity contribution in [2.45, 2.75) is 26.7 Å². The minimum atomic E-state index is -0.0713. The number of carbonyl (C=O) groups excluding carboxylic acids is 1. The number of nitrogens with one attached hydrogen (secondary N) is 1. The lowest BCUT2D eigenvalue weighted by atomic mass is 10.1.